The second-order valence-corrected chi connectivity index (χ2v) is 4.76. The molecule has 0 saturated carbocycles. The van der Waals surface area contributed by atoms with Gasteiger partial charge in [0.05, 0.1) is 18.5 Å². The summed E-state index contributed by atoms with van der Waals surface area (Å²) in [6.07, 6.45) is -0.522. The monoisotopic (exact) mass is 259 g/mol. The quantitative estimate of drug-likeness (QED) is 0.717. The summed E-state index contributed by atoms with van der Waals surface area (Å²) in [7, 11) is 0. The van der Waals surface area contributed by atoms with Crippen molar-refractivity contribution in [2.75, 3.05) is 5.88 Å². The zero-order chi connectivity index (χ0) is 12.5. The number of alkyl halides is 1. The lowest BCUT2D eigenvalue weighted by Gasteiger charge is -2.11. The molecule has 0 aliphatic carbocycles. The van der Waals surface area contributed by atoms with E-state index in [1.54, 1.807) is 0 Å². The Morgan fingerprint density at radius 1 is 0.944 bits per heavy atom. The maximum Gasteiger partial charge on any atom is 0.0854 e. The maximum absolute atomic E-state index is 9.80. The number of hydrogen-bond acceptors (Lipinski definition) is 1. The number of para-hydroxylation sites is 2. The van der Waals surface area contributed by atoms with Gasteiger partial charge in [-0.1, -0.05) is 36.4 Å². The number of halogens is 1. The molecule has 1 heterocycles. The van der Waals surface area contributed by atoms with Crippen molar-refractivity contribution < 1.29 is 5.11 Å². The van der Waals surface area contributed by atoms with Crippen LogP contribution in [0.4, 0.5) is 0 Å². The van der Waals surface area contributed by atoms with Gasteiger partial charge < -0.3 is 9.67 Å². The van der Waals surface area contributed by atoms with Crippen molar-refractivity contribution >= 4 is 33.4 Å². The van der Waals surface area contributed by atoms with Gasteiger partial charge in [0.1, 0.15) is 0 Å². The van der Waals surface area contributed by atoms with Crippen LogP contribution in [0.25, 0.3) is 21.8 Å². The van der Waals surface area contributed by atoms with Crippen LogP contribution < -0.4 is 0 Å². The molecule has 3 aromatic rings. The third kappa shape index (κ3) is 1.78. The van der Waals surface area contributed by atoms with Crippen LogP contribution in [0, 0.1) is 0 Å². The van der Waals surface area contributed by atoms with Gasteiger partial charge in [-0.15, -0.1) is 11.6 Å². The van der Waals surface area contributed by atoms with E-state index in [1.807, 2.05) is 24.3 Å². The first kappa shape index (κ1) is 11.6. The Hall–Kier alpha value is -1.51. The van der Waals surface area contributed by atoms with Gasteiger partial charge in [-0.05, 0) is 12.1 Å². The average molecular weight is 260 g/mol. The average Bonchev–Trinajstić information content (AvgIpc) is 2.74. The van der Waals surface area contributed by atoms with Crippen LogP contribution in [0.1, 0.15) is 0 Å². The minimum atomic E-state index is -0.522. The van der Waals surface area contributed by atoms with Gasteiger partial charge in [0.2, 0.25) is 0 Å². The van der Waals surface area contributed by atoms with Gasteiger partial charge in [-0.3, -0.25) is 0 Å². The highest BCUT2D eigenvalue weighted by molar-refractivity contribution is 6.18. The lowest BCUT2D eigenvalue weighted by Crippen LogP contribution is -2.17. The van der Waals surface area contributed by atoms with E-state index in [-0.39, 0.29) is 5.88 Å². The number of rotatable bonds is 3. The number of aromatic nitrogens is 1. The van der Waals surface area contributed by atoms with Crippen LogP contribution in [-0.2, 0) is 6.54 Å². The standard InChI is InChI=1S/C15H14ClNO/c16-9-11(18)10-17-14-7-3-1-5-12(14)13-6-2-4-8-15(13)17/h1-8,11,18H,9-10H2. The van der Waals surface area contributed by atoms with Crippen molar-refractivity contribution in [3.8, 4) is 0 Å². The lowest BCUT2D eigenvalue weighted by molar-refractivity contribution is 0.180. The molecule has 0 aliphatic rings. The smallest absolute Gasteiger partial charge is 0.0854 e. The van der Waals surface area contributed by atoms with Crippen molar-refractivity contribution in [2.24, 2.45) is 0 Å². The summed E-state index contributed by atoms with van der Waals surface area (Å²) in [6, 6.07) is 16.5. The number of aliphatic hydroxyl groups excluding tert-OH is 1. The second-order valence-electron chi connectivity index (χ2n) is 4.45. The molecule has 1 unspecified atom stereocenters. The first-order valence-electron chi connectivity index (χ1n) is 6.01. The van der Waals surface area contributed by atoms with Crippen molar-refractivity contribution in [3.63, 3.8) is 0 Å². The van der Waals surface area contributed by atoms with Gasteiger partial charge in [0, 0.05) is 21.8 Å². The number of fused-ring (bicyclic) bond motifs is 3. The normalized spacial score (nSPS) is 13.2. The second kappa shape index (κ2) is 4.63. The van der Waals surface area contributed by atoms with Gasteiger partial charge >= 0.3 is 0 Å². The molecule has 3 rings (SSSR count). The summed E-state index contributed by atoms with van der Waals surface area (Å²) in [5, 5.41) is 12.2. The van der Waals surface area contributed by atoms with E-state index in [0.717, 1.165) is 11.0 Å². The minimum absolute atomic E-state index is 0.251. The number of hydrogen-bond donors (Lipinski definition) is 1. The Morgan fingerprint density at radius 3 is 1.94 bits per heavy atom. The SMILES string of the molecule is OC(CCl)Cn1c2ccccc2c2ccccc21. The molecule has 0 bridgehead atoms. The number of aliphatic hydroxyl groups is 1. The minimum Gasteiger partial charge on any atom is -0.390 e. The molecule has 0 fully saturated rings. The number of benzene rings is 2. The molecule has 1 aromatic heterocycles. The molecule has 0 radical (unpaired) electrons. The highest BCUT2D eigenvalue weighted by atomic mass is 35.5. The summed E-state index contributed by atoms with van der Waals surface area (Å²) in [4.78, 5) is 0. The van der Waals surface area contributed by atoms with Crippen molar-refractivity contribution in [1.29, 1.82) is 0 Å². The van der Waals surface area contributed by atoms with E-state index in [2.05, 4.69) is 28.8 Å². The summed E-state index contributed by atoms with van der Waals surface area (Å²) in [5.74, 6) is 0.251. The molecule has 0 aliphatic heterocycles. The fraction of sp³-hybridized carbons (Fsp3) is 0.200. The van der Waals surface area contributed by atoms with E-state index >= 15 is 0 Å². The Bertz CT molecular complexity index is 636. The van der Waals surface area contributed by atoms with E-state index in [9.17, 15) is 5.11 Å². The summed E-state index contributed by atoms with van der Waals surface area (Å²) in [6.45, 7) is 0.525. The van der Waals surface area contributed by atoms with Crippen LogP contribution in [0.5, 0.6) is 0 Å². The Morgan fingerprint density at radius 2 is 1.44 bits per heavy atom. The fourth-order valence-electron chi connectivity index (χ4n) is 2.46. The summed E-state index contributed by atoms with van der Waals surface area (Å²) < 4.78 is 2.14. The lowest BCUT2D eigenvalue weighted by atomic mass is 10.2. The van der Waals surface area contributed by atoms with E-state index in [1.165, 1.54) is 10.8 Å². The van der Waals surface area contributed by atoms with Gasteiger partial charge in [-0.2, -0.15) is 0 Å². The van der Waals surface area contributed by atoms with Crippen molar-refractivity contribution in [2.45, 2.75) is 12.6 Å². The van der Waals surface area contributed by atoms with Gasteiger partial charge in [-0.25, -0.2) is 0 Å². The third-order valence-corrected chi connectivity index (χ3v) is 3.61. The van der Waals surface area contributed by atoms with Crippen molar-refractivity contribution in [3.05, 3.63) is 48.5 Å². The van der Waals surface area contributed by atoms with Crippen LogP contribution in [0.2, 0.25) is 0 Å². The van der Waals surface area contributed by atoms with Crippen LogP contribution in [0.15, 0.2) is 48.5 Å². The molecule has 2 nitrogen and oxygen atoms in total. The Balaban J connectivity index is 2.31. The third-order valence-electron chi connectivity index (χ3n) is 3.25. The first-order valence-corrected chi connectivity index (χ1v) is 6.54. The molecule has 0 spiro atoms. The Labute approximate surface area is 110 Å². The van der Waals surface area contributed by atoms with Crippen LogP contribution >= 0.6 is 11.6 Å². The summed E-state index contributed by atoms with van der Waals surface area (Å²) >= 11 is 5.71. The fourth-order valence-corrected chi connectivity index (χ4v) is 2.56. The van der Waals surface area contributed by atoms with E-state index in [0.29, 0.717) is 6.54 Å². The largest absolute Gasteiger partial charge is 0.390 e. The highest BCUT2D eigenvalue weighted by Gasteiger charge is 2.12. The molecular formula is C15H14ClNO. The molecule has 2 aromatic carbocycles. The Kier molecular flexibility index (Phi) is 2.98. The molecule has 92 valence electrons. The zero-order valence-electron chi connectivity index (χ0n) is 9.88. The molecule has 1 N–H and O–H groups in total. The topological polar surface area (TPSA) is 25.2 Å². The molecule has 3 heteroatoms. The molecular weight excluding hydrogens is 246 g/mol. The number of nitrogens with zero attached hydrogens (tertiary/aromatic N) is 1. The zero-order valence-corrected chi connectivity index (χ0v) is 10.6. The predicted octanol–water partition coefficient (Wildman–Crippen LogP) is 3.39. The van der Waals surface area contributed by atoms with Crippen molar-refractivity contribution in [1.82, 2.24) is 4.57 Å². The van der Waals surface area contributed by atoms with Gasteiger partial charge in [0.25, 0.3) is 0 Å². The van der Waals surface area contributed by atoms with Crippen LogP contribution in [0.3, 0.4) is 0 Å². The van der Waals surface area contributed by atoms with E-state index < -0.39 is 6.10 Å². The predicted molar refractivity (Wildman–Crippen MR) is 76.2 cm³/mol. The first-order chi connectivity index (χ1) is 8.81. The maximum atomic E-state index is 9.80. The van der Waals surface area contributed by atoms with Gasteiger partial charge in [0.15, 0.2) is 0 Å². The molecule has 1 atom stereocenters. The van der Waals surface area contributed by atoms with E-state index in [4.69, 9.17) is 11.6 Å². The molecule has 0 saturated heterocycles. The summed E-state index contributed by atoms with van der Waals surface area (Å²) in [5.41, 5.74) is 2.28. The highest BCUT2D eigenvalue weighted by Crippen LogP contribution is 2.28. The molecule has 18 heavy (non-hydrogen) atoms. The molecule has 0 amide bonds. The van der Waals surface area contributed by atoms with Crippen LogP contribution in [-0.4, -0.2) is 21.7 Å².